The van der Waals surface area contributed by atoms with Crippen LogP contribution in [0.2, 0.25) is 5.28 Å². The van der Waals surface area contributed by atoms with E-state index in [1.807, 2.05) is 11.3 Å². The Morgan fingerprint density at radius 3 is 2.71 bits per heavy atom. The molecule has 1 aromatic carbocycles. The number of rotatable bonds is 1. The van der Waals surface area contributed by atoms with Crippen LogP contribution in [0.15, 0.2) is 24.3 Å². The molecule has 0 fully saturated rings. The number of nitrogens with zero attached hydrogens (tertiary/aromatic N) is 3. The first-order chi connectivity index (χ1) is 13.3. The van der Waals surface area contributed by atoms with E-state index in [1.54, 1.807) is 0 Å². The number of aryl methyl sites for hydroxylation is 1. The minimum atomic E-state index is 0.336. The Morgan fingerprint density at radius 1 is 1.14 bits per heavy atom. The Hall–Kier alpha value is -1.65. The number of hydrogen-bond donors (Lipinski definition) is 0. The summed E-state index contributed by atoms with van der Waals surface area (Å²) in [6, 6.07) is 9.03. The Balaban J connectivity index is 1.68. The molecule has 1 aliphatic carbocycles. The first-order valence-electron chi connectivity index (χ1n) is 10.2. The van der Waals surface area contributed by atoms with E-state index in [9.17, 15) is 0 Å². The molecule has 2 aromatic heterocycles. The maximum Gasteiger partial charge on any atom is 0.225 e. The van der Waals surface area contributed by atoms with Gasteiger partial charge < -0.3 is 4.90 Å². The molecule has 3 heterocycles. The van der Waals surface area contributed by atoms with E-state index in [-0.39, 0.29) is 0 Å². The first-order valence-corrected chi connectivity index (χ1v) is 11.4. The summed E-state index contributed by atoms with van der Waals surface area (Å²) in [6.45, 7) is 9.36. The summed E-state index contributed by atoms with van der Waals surface area (Å²) >= 11 is 8.23. The third kappa shape index (κ3) is 2.84. The van der Waals surface area contributed by atoms with E-state index in [0.717, 1.165) is 29.9 Å². The van der Waals surface area contributed by atoms with Crippen molar-refractivity contribution in [2.24, 2.45) is 11.3 Å². The molecule has 3 nitrogen and oxygen atoms in total. The third-order valence-corrected chi connectivity index (χ3v) is 7.84. The molecule has 5 rings (SSSR count). The predicted octanol–water partition coefficient (Wildman–Crippen LogP) is 6.58. The number of halogens is 1. The van der Waals surface area contributed by atoms with Crippen LogP contribution >= 0.6 is 22.9 Å². The molecule has 2 unspecified atom stereocenters. The van der Waals surface area contributed by atoms with Crippen LogP contribution in [0.5, 0.6) is 0 Å². The van der Waals surface area contributed by atoms with Gasteiger partial charge in [0.1, 0.15) is 10.6 Å². The van der Waals surface area contributed by atoms with E-state index in [1.165, 1.54) is 33.5 Å². The van der Waals surface area contributed by atoms with Gasteiger partial charge in [-0.3, -0.25) is 0 Å². The van der Waals surface area contributed by atoms with Crippen molar-refractivity contribution in [3.8, 4) is 0 Å². The van der Waals surface area contributed by atoms with Gasteiger partial charge in [-0.2, -0.15) is 4.98 Å². The lowest BCUT2D eigenvalue weighted by Crippen LogP contribution is -2.27. The maximum absolute atomic E-state index is 6.40. The molecule has 0 amide bonds. The summed E-state index contributed by atoms with van der Waals surface area (Å²) in [7, 11) is 0. The maximum atomic E-state index is 6.40. The molecule has 0 saturated carbocycles. The van der Waals surface area contributed by atoms with Gasteiger partial charge in [0, 0.05) is 16.6 Å². The summed E-state index contributed by atoms with van der Waals surface area (Å²) in [4.78, 5) is 14.3. The number of thiophene rings is 1. The van der Waals surface area contributed by atoms with Gasteiger partial charge in [-0.05, 0) is 72.7 Å². The minimum Gasteiger partial charge on any atom is -0.322 e. The fraction of sp³-hybridized carbons (Fsp3) is 0.478. The molecule has 28 heavy (non-hydrogen) atoms. The SMILES string of the molecule is CC1Cc2ccccc2N1c1nc(Cl)nc2sc3c(c12)CCC(C(C)(C)C)C3. The van der Waals surface area contributed by atoms with Crippen LogP contribution < -0.4 is 4.90 Å². The summed E-state index contributed by atoms with van der Waals surface area (Å²) in [5, 5.41) is 1.59. The average molecular weight is 412 g/mol. The molecule has 2 atom stereocenters. The fourth-order valence-corrected chi connectivity index (χ4v) is 6.44. The Bertz CT molecular complexity index is 1070. The highest BCUT2D eigenvalue weighted by Gasteiger charge is 2.35. The van der Waals surface area contributed by atoms with Crippen molar-refractivity contribution in [3.63, 3.8) is 0 Å². The summed E-state index contributed by atoms with van der Waals surface area (Å²) in [5.41, 5.74) is 4.44. The molecular weight excluding hydrogens is 386 g/mol. The number of fused-ring (bicyclic) bond motifs is 4. The van der Waals surface area contributed by atoms with Crippen molar-refractivity contribution in [1.29, 1.82) is 0 Å². The van der Waals surface area contributed by atoms with Crippen LogP contribution in [-0.4, -0.2) is 16.0 Å². The standard InChI is InChI=1S/C23H26ClN3S/c1-13-11-14-7-5-6-8-17(14)27(13)20-19-16-10-9-15(23(2,3)4)12-18(16)28-21(19)26-22(24)25-20/h5-8,13,15H,9-12H2,1-4H3. The van der Waals surface area contributed by atoms with Gasteiger partial charge >= 0.3 is 0 Å². The highest BCUT2D eigenvalue weighted by molar-refractivity contribution is 7.19. The largest absolute Gasteiger partial charge is 0.322 e. The van der Waals surface area contributed by atoms with Crippen LogP contribution in [0, 0.1) is 11.3 Å². The van der Waals surface area contributed by atoms with Gasteiger partial charge in [-0.15, -0.1) is 11.3 Å². The molecular formula is C23H26ClN3S. The quantitative estimate of drug-likeness (QED) is 0.423. The van der Waals surface area contributed by atoms with Gasteiger partial charge in [0.05, 0.1) is 5.39 Å². The number of benzene rings is 1. The van der Waals surface area contributed by atoms with E-state index in [0.29, 0.717) is 22.7 Å². The van der Waals surface area contributed by atoms with Crippen molar-refractivity contribution in [2.75, 3.05) is 4.90 Å². The third-order valence-electron chi connectivity index (χ3n) is 6.52. The lowest BCUT2D eigenvalue weighted by Gasteiger charge is -2.34. The smallest absolute Gasteiger partial charge is 0.225 e. The normalized spacial score (nSPS) is 21.8. The van der Waals surface area contributed by atoms with E-state index >= 15 is 0 Å². The molecule has 5 heteroatoms. The predicted molar refractivity (Wildman–Crippen MR) is 119 cm³/mol. The highest BCUT2D eigenvalue weighted by atomic mass is 35.5. The van der Waals surface area contributed by atoms with Gasteiger partial charge in [0.2, 0.25) is 5.28 Å². The molecule has 146 valence electrons. The Labute approximate surface area is 175 Å². The monoisotopic (exact) mass is 411 g/mol. The zero-order chi connectivity index (χ0) is 19.6. The molecule has 0 spiro atoms. The van der Waals surface area contributed by atoms with Crippen LogP contribution in [0.25, 0.3) is 10.2 Å². The zero-order valence-corrected chi connectivity index (χ0v) is 18.5. The van der Waals surface area contributed by atoms with Gasteiger partial charge in [-0.1, -0.05) is 39.0 Å². The summed E-state index contributed by atoms with van der Waals surface area (Å²) < 4.78 is 0. The van der Waals surface area contributed by atoms with Crippen molar-refractivity contribution in [3.05, 3.63) is 45.6 Å². The molecule has 0 bridgehead atoms. The molecule has 0 N–H and O–H groups in total. The summed E-state index contributed by atoms with van der Waals surface area (Å²) in [6.07, 6.45) is 4.52. The van der Waals surface area contributed by atoms with Crippen molar-refractivity contribution < 1.29 is 0 Å². The first kappa shape index (κ1) is 18.4. The molecule has 2 aliphatic rings. The zero-order valence-electron chi connectivity index (χ0n) is 16.9. The van der Waals surface area contributed by atoms with Crippen LogP contribution in [-0.2, 0) is 19.3 Å². The van der Waals surface area contributed by atoms with Gasteiger partial charge in [0.25, 0.3) is 0 Å². The number of para-hydroxylation sites is 1. The average Bonchev–Trinajstić information content (AvgIpc) is 3.15. The molecule has 0 saturated heterocycles. The van der Waals surface area contributed by atoms with Crippen molar-refractivity contribution in [1.82, 2.24) is 9.97 Å². The Kier molecular flexibility index (Phi) is 4.22. The number of hydrogen-bond acceptors (Lipinski definition) is 4. The molecule has 0 radical (unpaired) electrons. The summed E-state index contributed by atoms with van der Waals surface area (Å²) in [5.74, 6) is 1.71. The lowest BCUT2D eigenvalue weighted by molar-refractivity contribution is 0.218. The van der Waals surface area contributed by atoms with Gasteiger partial charge in [-0.25, -0.2) is 4.98 Å². The van der Waals surface area contributed by atoms with Crippen LogP contribution in [0.3, 0.4) is 0 Å². The minimum absolute atomic E-state index is 0.336. The second kappa shape index (κ2) is 6.43. The van der Waals surface area contributed by atoms with Gasteiger partial charge in [0.15, 0.2) is 0 Å². The fourth-order valence-electron chi connectivity index (χ4n) is 4.93. The van der Waals surface area contributed by atoms with Crippen LogP contribution in [0.1, 0.15) is 50.1 Å². The second-order valence-electron chi connectivity index (χ2n) is 9.36. The number of anilines is 2. The highest BCUT2D eigenvalue weighted by Crippen LogP contribution is 2.48. The Morgan fingerprint density at radius 2 is 1.93 bits per heavy atom. The molecule has 1 aliphatic heterocycles. The van der Waals surface area contributed by atoms with E-state index in [4.69, 9.17) is 16.6 Å². The lowest BCUT2D eigenvalue weighted by atomic mass is 9.72. The van der Waals surface area contributed by atoms with E-state index in [2.05, 4.69) is 61.8 Å². The van der Waals surface area contributed by atoms with Crippen molar-refractivity contribution in [2.45, 2.75) is 59.4 Å². The van der Waals surface area contributed by atoms with E-state index < -0.39 is 0 Å². The van der Waals surface area contributed by atoms with Crippen LogP contribution in [0.4, 0.5) is 11.5 Å². The molecule has 3 aromatic rings. The van der Waals surface area contributed by atoms with Crippen molar-refractivity contribution >= 4 is 44.7 Å². The number of aromatic nitrogens is 2. The second-order valence-corrected chi connectivity index (χ2v) is 10.8. The topological polar surface area (TPSA) is 29.0 Å².